The molecule has 1 aliphatic heterocycles. The van der Waals surface area contributed by atoms with E-state index >= 15 is 0 Å². The molecule has 0 spiro atoms. The molecule has 2 aliphatic rings. The molecule has 1 saturated heterocycles. The minimum absolute atomic E-state index is 0.0787. The molecular formula is C17H27N3O4. The van der Waals surface area contributed by atoms with Gasteiger partial charge in [0.1, 0.15) is 18.8 Å². The zero-order valence-corrected chi connectivity index (χ0v) is 14.4. The molecule has 1 N–H and O–H groups in total. The molecule has 134 valence electrons. The van der Waals surface area contributed by atoms with Crippen LogP contribution in [-0.4, -0.2) is 63.7 Å². The molecule has 3 rings (SSSR count). The predicted octanol–water partition coefficient (Wildman–Crippen LogP) is 0.966. The maximum Gasteiger partial charge on any atom is 0.248 e. The first kappa shape index (κ1) is 17.2. The molecular weight excluding hydrogens is 310 g/mol. The number of hydrogen-bond donors (Lipinski definition) is 1. The third kappa shape index (κ3) is 4.27. The Bertz CT molecular complexity index is 554. The van der Waals surface area contributed by atoms with E-state index in [2.05, 4.69) is 12.0 Å². The Hall–Kier alpha value is -1.60. The van der Waals surface area contributed by atoms with E-state index in [-0.39, 0.29) is 25.2 Å². The molecule has 7 nitrogen and oxygen atoms in total. The van der Waals surface area contributed by atoms with E-state index in [9.17, 15) is 9.90 Å². The first-order valence-corrected chi connectivity index (χ1v) is 8.74. The Kier molecular flexibility index (Phi) is 5.40. The summed E-state index contributed by atoms with van der Waals surface area (Å²) in [5.41, 5.74) is 0. The van der Waals surface area contributed by atoms with Gasteiger partial charge in [-0.2, -0.15) is 5.10 Å². The van der Waals surface area contributed by atoms with Crippen molar-refractivity contribution in [2.45, 2.75) is 50.9 Å². The number of ether oxygens (including phenoxy) is 2. The van der Waals surface area contributed by atoms with Crippen LogP contribution in [0.3, 0.4) is 0 Å². The minimum atomic E-state index is -0.690. The summed E-state index contributed by atoms with van der Waals surface area (Å²) in [6.45, 7) is 3.01. The number of carbonyl (C=O) groups excluding carboxylic acids is 1. The lowest BCUT2D eigenvalue weighted by molar-refractivity contribution is -0.138. The first-order valence-electron chi connectivity index (χ1n) is 8.74. The summed E-state index contributed by atoms with van der Waals surface area (Å²) in [5, 5.41) is 14.2. The largest absolute Gasteiger partial charge is 0.482 e. The van der Waals surface area contributed by atoms with Crippen molar-refractivity contribution in [1.29, 1.82) is 0 Å². The van der Waals surface area contributed by atoms with Crippen LogP contribution in [0.1, 0.15) is 32.6 Å². The zero-order valence-electron chi connectivity index (χ0n) is 14.4. The van der Waals surface area contributed by atoms with Gasteiger partial charge in [-0.25, -0.2) is 0 Å². The lowest BCUT2D eigenvalue weighted by Crippen LogP contribution is -2.35. The molecule has 24 heavy (non-hydrogen) atoms. The fourth-order valence-corrected chi connectivity index (χ4v) is 3.39. The smallest absolute Gasteiger partial charge is 0.248 e. The third-order valence-corrected chi connectivity index (χ3v) is 4.96. The summed E-state index contributed by atoms with van der Waals surface area (Å²) in [5.74, 6) is 1.29. The van der Waals surface area contributed by atoms with Gasteiger partial charge in [0.2, 0.25) is 5.91 Å². The molecule has 7 heteroatoms. The number of carbonyl (C=O) groups is 1. The molecule has 0 bridgehead atoms. The Morgan fingerprint density at radius 1 is 1.33 bits per heavy atom. The second kappa shape index (κ2) is 7.53. The van der Waals surface area contributed by atoms with Crippen LogP contribution in [0.4, 0.5) is 0 Å². The monoisotopic (exact) mass is 337 g/mol. The van der Waals surface area contributed by atoms with E-state index in [4.69, 9.17) is 9.47 Å². The maximum atomic E-state index is 12.3. The van der Waals surface area contributed by atoms with Gasteiger partial charge in [-0.3, -0.25) is 9.48 Å². The number of aromatic nitrogens is 2. The maximum absolute atomic E-state index is 12.3. The van der Waals surface area contributed by atoms with Crippen LogP contribution >= 0.6 is 0 Å². The number of rotatable bonds is 5. The Morgan fingerprint density at radius 2 is 2.08 bits per heavy atom. The van der Waals surface area contributed by atoms with E-state index in [0.29, 0.717) is 12.3 Å². The first-order chi connectivity index (χ1) is 11.5. The average molecular weight is 337 g/mol. The fourth-order valence-electron chi connectivity index (χ4n) is 3.39. The van der Waals surface area contributed by atoms with Gasteiger partial charge < -0.3 is 19.5 Å². The van der Waals surface area contributed by atoms with Gasteiger partial charge in [0.15, 0.2) is 5.75 Å². The van der Waals surface area contributed by atoms with Crippen LogP contribution in [0.2, 0.25) is 0 Å². The fraction of sp³-hybridized carbons (Fsp3) is 0.765. The minimum Gasteiger partial charge on any atom is -0.482 e. The van der Waals surface area contributed by atoms with Crippen molar-refractivity contribution in [3.8, 4) is 5.75 Å². The molecule has 2 fully saturated rings. The van der Waals surface area contributed by atoms with Crippen LogP contribution in [0, 0.1) is 5.92 Å². The van der Waals surface area contributed by atoms with Crippen LogP contribution in [-0.2, 0) is 16.6 Å². The van der Waals surface area contributed by atoms with Gasteiger partial charge in [-0.15, -0.1) is 0 Å². The molecule has 1 aromatic rings. The highest BCUT2D eigenvalue weighted by Gasteiger charge is 2.36. The number of hydrogen-bond acceptors (Lipinski definition) is 5. The highest BCUT2D eigenvalue weighted by atomic mass is 16.5. The second-order valence-corrected chi connectivity index (χ2v) is 7.06. The van der Waals surface area contributed by atoms with Crippen molar-refractivity contribution < 1.29 is 19.4 Å². The molecule has 1 aromatic heterocycles. The number of aliphatic hydroxyl groups is 1. The predicted molar refractivity (Wildman–Crippen MR) is 87.6 cm³/mol. The molecule has 2 atom stereocenters. The Labute approximate surface area is 142 Å². The van der Waals surface area contributed by atoms with Gasteiger partial charge in [-0.05, 0) is 31.6 Å². The van der Waals surface area contributed by atoms with Gasteiger partial charge in [0.05, 0.1) is 31.6 Å². The van der Waals surface area contributed by atoms with Crippen LogP contribution in [0.25, 0.3) is 0 Å². The van der Waals surface area contributed by atoms with Crippen molar-refractivity contribution in [3.63, 3.8) is 0 Å². The number of nitrogens with zero attached hydrogens (tertiary/aromatic N) is 3. The highest BCUT2D eigenvalue weighted by molar-refractivity contribution is 5.77. The number of β-amino-alcohol motifs (C(OH)–C–C–N with tert-alkyl or cyclic N) is 1. The Balaban J connectivity index is 1.44. The molecule has 2 heterocycles. The molecule has 1 saturated carbocycles. The van der Waals surface area contributed by atoms with Crippen LogP contribution < -0.4 is 4.74 Å². The van der Waals surface area contributed by atoms with Crippen LogP contribution in [0.15, 0.2) is 12.4 Å². The summed E-state index contributed by atoms with van der Waals surface area (Å²) in [6.07, 6.45) is 6.83. The lowest BCUT2D eigenvalue weighted by Gasteiger charge is -2.26. The number of aliphatic hydroxyl groups excluding tert-OH is 1. The van der Waals surface area contributed by atoms with Crippen LogP contribution in [0.5, 0.6) is 5.75 Å². The Morgan fingerprint density at radius 3 is 2.75 bits per heavy atom. The quantitative estimate of drug-likeness (QED) is 0.866. The van der Waals surface area contributed by atoms with Gasteiger partial charge in [-0.1, -0.05) is 6.92 Å². The molecule has 0 radical (unpaired) electrons. The van der Waals surface area contributed by atoms with Crippen molar-refractivity contribution in [2.24, 2.45) is 13.0 Å². The van der Waals surface area contributed by atoms with Gasteiger partial charge >= 0.3 is 0 Å². The van der Waals surface area contributed by atoms with Gasteiger partial charge in [0.25, 0.3) is 0 Å². The van der Waals surface area contributed by atoms with E-state index in [1.54, 1.807) is 29.0 Å². The van der Waals surface area contributed by atoms with E-state index in [1.807, 2.05) is 0 Å². The number of amides is 1. The topological polar surface area (TPSA) is 76.8 Å². The van der Waals surface area contributed by atoms with E-state index in [1.165, 1.54) is 12.8 Å². The summed E-state index contributed by atoms with van der Waals surface area (Å²) < 4.78 is 13.1. The molecule has 1 amide bonds. The summed E-state index contributed by atoms with van der Waals surface area (Å²) >= 11 is 0. The van der Waals surface area contributed by atoms with Crippen molar-refractivity contribution in [3.05, 3.63) is 12.4 Å². The average Bonchev–Trinajstić information content (AvgIpc) is 3.13. The van der Waals surface area contributed by atoms with Crippen molar-refractivity contribution >= 4 is 5.91 Å². The molecule has 1 aliphatic carbocycles. The van der Waals surface area contributed by atoms with E-state index in [0.717, 1.165) is 18.8 Å². The number of likely N-dealkylation sites (tertiary alicyclic amines) is 1. The summed E-state index contributed by atoms with van der Waals surface area (Å²) in [4.78, 5) is 13.9. The van der Waals surface area contributed by atoms with Crippen molar-refractivity contribution in [2.75, 3.05) is 19.7 Å². The zero-order chi connectivity index (χ0) is 17.1. The molecule has 0 aromatic carbocycles. The van der Waals surface area contributed by atoms with Gasteiger partial charge in [0, 0.05) is 7.05 Å². The normalized spacial score (nSPS) is 30.5. The standard InChI is InChI=1S/C17H27N3O4/c1-12-3-5-13(6-4-12)23-11-17(22)20-9-15(21)16(10-20)24-14-7-18-19(2)8-14/h7-8,12-13,15-16,21H,3-6,9-11H2,1-2H3/t12?,13?,15-,16-/m1/s1. The summed E-state index contributed by atoms with van der Waals surface area (Å²) in [7, 11) is 1.80. The lowest BCUT2D eigenvalue weighted by atomic mass is 9.89. The highest BCUT2D eigenvalue weighted by Crippen LogP contribution is 2.25. The van der Waals surface area contributed by atoms with Crippen molar-refractivity contribution in [1.82, 2.24) is 14.7 Å². The van der Waals surface area contributed by atoms with E-state index < -0.39 is 12.2 Å². The number of aryl methyl sites for hydroxylation is 1. The SMILES string of the molecule is CC1CCC(OCC(=O)N2C[C@@H](O)[C@H](Oc3cnn(C)c3)C2)CC1. The second-order valence-electron chi connectivity index (χ2n) is 7.06. The summed E-state index contributed by atoms with van der Waals surface area (Å²) in [6, 6.07) is 0. The third-order valence-electron chi connectivity index (χ3n) is 4.96. The molecule has 0 unspecified atom stereocenters.